The fourth-order valence-electron chi connectivity index (χ4n) is 1.59. The molecular weight excluding hydrogens is 284 g/mol. The summed E-state index contributed by atoms with van der Waals surface area (Å²) in [5.74, 6) is -1.16. The lowest BCUT2D eigenvalue weighted by molar-refractivity contribution is -0.114. The van der Waals surface area contributed by atoms with Gasteiger partial charge in [0, 0.05) is 25.2 Å². The number of amides is 1. The fourth-order valence-corrected chi connectivity index (χ4v) is 1.59. The maximum Gasteiger partial charge on any atom is 0.335 e. The monoisotopic (exact) mass is 310 g/mol. The van der Waals surface area contributed by atoms with Crippen LogP contribution in [-0.4, -0.2) is 53.2 Å². The number of likely N-dealkylation sites (N-methyl/N-ethyl adjacent to an activating group) is 1. The van der Waals surface area contributed by atoms with Crippen molar-refractivity contribution in [2.45, 2.75) is 33.2 Å². The van der Waals surface area contributed by atoms with E-state index in [1.165, 1.54) is 19.1 Å². The molecule has 0 spiro atoms. The zero-order valence-corrected chi connectivity index (χ0v) is 13.7. The van der Waals surface area contributed by atoms with E-state index in [2.05, 4.69) is 24.1 Å². The van der Waals surface area contributed by atoms with Crippen molar-refractivity contribution < 1.29 is 19.8 Å². The Balaban J connectivity index is 0.000000433. The Morgan fingerprint density at radius 1 is 1.27 bits per heavy atom. The molecule has 6 heteroatoms. The van der Waals surface area contributed by atoms with E-state index >= 15 is 0 Å². The van der Waals surface area contributed by atoms with Crippen LogP contribution in [0.25, 0.3) is 0 Å². The quantitative estimate of drug-likeness (QED) is 0.748. The van der Waals surface area contributed by atoms with Crippen molar-refractivity contribution in [3.05, 3.63) is 29.8 Å². The van der Waals surface area contributed by atoms with E-state index in [1.807, 2.05) is 7.05 Å². The van der Waals surface area contributed by atoms with Crippen LogP contribution in [-0.2, 0) is 4.79 Å². The average molecular weight is 310 g/mol. The van der Waals surface area contributed by atoms with E-state index in [9.17, 15) is 9.59 Å². The molecular formula is C16H26N2O4. The molecule has 0 radical (unpaired) electrons. The summed E-state index contributed by atoms with van der Waals surface area (Å²) in [6.45, 7) is 6.76. The Morgan fingerprint density at radius 2 is 1.82 bits per heavy atom. The van der Waals surface area contributed by atoms with Gasteiger partial charge in [0.15, 0.2) is 0 Å². The van der Waals surface area contributed by atoms with Crippen molar-refractivity contribution >= 4 is 17.6 Å². The number of carboxylic acid groups (broad SMARTS) is 1. The Morgan fingerprint density at radius 3 is 2.18 bits per heavy atom. The van der Waals surface area contributed by atoms with Crippen molar-refractivity contribution in [1.82, 2.24) is 4.90 Å². The highest BCUT2D eigenvalue weighted by Gasteiger charge is 2.03. The third-order valence-electron chi connectivity index (χ3n) is 3.25. The highest BCUT2D eigenvalue weighted by molar-refractivity contribution is 5.91. The molecule has 0 aromatic heterocycles. The highest BCUT2D eigenvalue weighted by Crippen LogP contribution is 2.08. The lowest BCUT2D eigenvalue weighted by atomic mass is 10.2. The van der Waals surface area contributed by atoms with Crippen LogP contribution in [0.2, 0.25) is 0 Å². The van der Waals surface area contributed by atoms with Crippen LogP contribution in [0.5, 0.6) is 0 Å². The van der Waals surface area contributed by atoms with Crippen molar-refractivity contribution in [3.63, 3.8) is 0 Å². The lowest BCUT2D eigenvalue weighted by Crippen LogP contribution is -2.30. The van der Waals surface area contributed by atoms with Crippen molar-refractivity contribution in [2.24, 2.45) is 0 Å². The van der Waals surface area contributed by atoms with Crippen LogP contribution in [0, 0.1) is 0 Å². The first-order valence-corrected chi connectivity index (χ1v) is 7.23. The molecule has 0 fully saturated rings. The second-order valence-electron chi connectivity index (χ2n) is 5.03. The molecule has 1 aromatic carbocycles. The normalized spacial score (nSPS) is 11.4. The molecule has 22 heavy (non-hydrogen) atoms. The molecule has 0 saturated carbocycles. The molecule has 1 rings (SSSR count). The summed E-state index contributed by atoms with van der Waals surface area (Å²) in [4.78, 5) is 23.2. The van der Waals surface area contributed by atoms with Gasteiger partial charge in [0.2, 0.25) is 5.91 Å². The van der Waals surface area contributed by atoms with Gasteiger partial charge in [0.1, 0.15) is 0 Å². The molecule has 0 aliphatic heterocycles. The maximum absolute atomic E-state index is 10.6. The van der Waals surface area contributed by atoms with E-state index in [-0.39, 0.29) is 18.1 Å². The minimum Gasteiger partial charge on any atom is -0.478 e. The molecule has 0 aliphatic rings. The topological polar surface area (TPSA) is 89.9 Å². The van der Waals surface area contributed by atoms with Gasteiger partial charge in [0.25, 0.3) is 0 Å². The first-order valence-electron chi connectivity index (χ1n) is 7.23. The number of aliphatic hydroxyl groups excluding tert-OH is 1. The second-order valence-corrected chi connectivity index (χ2v) is 5.03. The SMILES string of the molecule is CC(=O)Nc1ccc(C(=O)O)cc1.CCC(C)N(C)CCO. The van der Waals surface area contributed by atoms with Gasteiger partial charge in [0.05, 0.1) is 12.2 Å². The third-order valence-corrected chi connectivity index (χ3v) is 3.25. The van der Waals surface area contributed by atoms with Gasteiger partial charge in [-0.05, 0) is 44.7 Å². The predicted molar refractivity (Wildman–Crippen MR) is 87.2 cm³/mol. The number of anilines is 1. The molecule has 1 aromatic rings. The number of hydrogen-bond acceptors (Lipinski definition) is 4. The van der Waals surface area contributed by atoms with Crippen molar-refractivity contribution in [1.29, 1.82) is 0 Å². The van der Waals surface area contributed by atoms with E-state index in [0.29, 0.717) is 11.7 Å². The number of benzene rings is 1. The first kappa shape index (κ1) is 20.1. The van der Waals surface area contributed by atoms with Gasteiger partial charge in [-0.25, -0.2) is 4.79 Å². The van der Waals surface area contributed by atoms with Gasteiger partial charge in [-0.3, -0.25) is 4.79 Å². The third kappa shape index (κ3) is 8.39. The average Bonchev–Trinajstić information content (AvgIpc) is 2.47. The minimum atomic E-state index is -0.977. The summed E-state index contributed by atoms with van der Waals surface area (Å²) < 4.78 is 0. The summed E-state index contributed by atoms with van der Waals surface area (Å²) in [5.41, 5.74) is 0.798. The van der Waals surface area contributed by atoms with Crippen molar-refractivity contribution in [2.75, 3.05) is 25.5 Å². The number of carbonyl (C=O) groups excluding carboxylic acids is 1. The number of carbonyl (C=O) groups is 2. The molecule has 0 aliphatic carbocycles. The number of hydrogen-bond donors (Lipinski definition) is 3. The highest BCUT2D eigenvalue weighted by atomic mass is 16.4. The number of nitrogens with one attached hydrogen (secondary N) is 1. The second kappa shape index (κ2) is 10.8. The van der Waals surface area contributed by atoms with Crippen molar-refractivity contribution in [3.8, 4) is 0 Å². The zero-order chi connectivity index (χ0) is 17.1. The summed E-state index contributed by atoms with van der Waals surface area (Å²) in [5, 5.41) is 19.6. The standard InChI is InChI=1S/C9H9NO3.C7H17NO/c1-6(11)10-8-4-2-7(3-5-8)9(12)13;1-4-7(2)8(3)5-6-9/h2-5H,1H3,(H,10,11)(H,12,13);7,9H,4-6H2,1-3H3. The first-order chi connectivity index (χ1) is 10.3. The Hall–Kier alpha value is -1.92. The van der Waals surface area contributed by atoms with Crippen LogP contribution in [0.3, 0.4) is 0 Å². The molecule has 124 valence electrons. The Kier molecular flexibility index (Phi) is 9.82. The molecule has 0 heterocycles. The Labute approximate surface area is 131 Å². The van der Waals surface area contributed by atoms with E-state index in [1.54, 1.807) is 12.1 Å². The van der Waals surface area contributed by atoms with E-state index in [0.717, 1.165) is 13.0 Å². The van der Waals surface area contributed by atoms with Gasteiger partial charge in [-0.15, -0.1) is 0 Å². The van der Waals surface area contributed by atoms with Crippen LogP contribution in [0.4, 0.5) is 5.69 Å². The summed E-state index contributed by atoms with van der Waals surface area (Å²) in [7, 11) is 2.03. The predicted octanol–water partition coefficient (Wildman–Crippen LogP) is 2.05. The zero-order valence-electron chi connectivity index (χ0n) is 13.7. The van der Waals surface area contributed by atoms with E-state index < -0.39 is 5.97 Å². The lowest BCUT2D eigenvalue weighted by Gasteiger charge is -2.21. The molecule has 1 atom stereocenters. The number of rotatable bonds is 6. The van der Waals surface area contributed by atoms with Crippen LogP contribution in [0.15, 0.2) is 24.3 Å². The fraction of sp³-hybridized carbons (Fsp3) is 0.500. The number of aromatic carboxylic acids is 1. The van der Waals surface area contributed by atoms with Crippen LogP contribution >= 0.6 is 0 Å². The number of carboxylic acids is 1. The van der Waals surface area contributed by atoms with Crippen LogP contribution in [0.1, 0.15) is 37.6 Å². The number of nitrogens with zero attached hydrogens (tertiary/aromatic N) is 1. The molecule has 0 saturated heterocycles. The van der Waals surface area contributed by atoms with Gasteiger partial charge in [-0.1, -0.05) is 6.92 Å². The van der Waals surface area contributed by atoms with Crippen LogP contribution < -0.4 is 5.32 Å². The van der Waals surface area contributed by atoms with E-state index in [4.69, 9.17) is 10.2 Å². The Bertz CT molecular complexity index is 460. The molecule has 1 unspecified atom stereocenters. The minimum absolute atomic E-state index is 0.178. The summed E-state index contributed by atoms with van der Waals surface area (Å²) in [6, 6.07) is 6.56. The smallest absolute Gasteiger partial charge is 0.335 e. The van der Waals surface area contributed by atoms with Gasteiger partial charge in [-0.2, -0.15) is 0 Å². The molecule has 6 nitrogen and oxygen atoms in total. The summed E-state index contributed by atoms with van der Waals surface area (Å²) >= 11 is 0. The molecule has 1 amide bonds. The molecule has 0 bridgehead atoms. The number of aliphatic hydroxyl groups is 1. The summed E-state index contributed by atoms with van der Waals surface area (Å²) in [6.07, 6.45) is 1.15. The van der Waals surface area contributed by atoms with Gasteiger partial charge >= 0.3 is 5.97 Å². The largest absolute Gasteiger partial charge is 0.478 e. The van der Waals surface area contributed by atoms with Gasteiger partial charge < -0.3 is 20.4 Å². The maximum atomic E-state index is 10.6. The molecule has 3 N–H and O–H groups in total.